The monoisotopic (exact) mass is 411 g/mol. The predicted molar refractivity (Wildman–Crippen MR) is 96.3 cm³/mol. The molecule has 0 heterocycles. The van der Waals surface area contributed by atoms with Gasteiger partial charge in [0.05, 0.1) is 16.1 Å². The van der Waals surface area contributed by atoms with E-state index in [-0.39, 0.29) is 10.7 Å². The number of hydrogen-bond acceptors (Lipinski definition) is 3. The predicted octanol–water partition coefficient (Wildman–Crippen LogP) is 3.05. The largest absolute Gasteiger partial charge is 0.298 e. The highest BCUT2D eigenvalue weighted by molar-refractivity contribution is 9.10. The van der Waals surface area contributed by atoms with Gasteiger partial charge in [0.2, 0.25) is 0 Å². The quantitative estimate of drug-likeness (QED) is 0.524. The fraction of sp³-hybridized carbons (Fsp3) is 0. The molecule has 8 heteroatoms. The summed E-state index contributed by atoms with van der Waals surface area (Å²) < 4.78 is 0.644. The molecule has 0 aliphatic rings. The van der Waals surface area contributed by atoms with Crippen molar-refractivity contribution in [2.45, 2.75) is 0 Å². The molecule has 0 unspecified atom stereocenters. The number of amides is 2. The molecule has 0 aliphatic heterocycles. The van der Waals surface area contributed by atoms with Crippen LogP contribution >= 0.6 is 39.7 Å². The Kier molecular flexibility index (Phi) is 6.09. The molecule has 0 aromatic heterocycles. The molecule has 0 radical (unpaired) electrons. The Hall–Kier alpha value is -1.96. The lowest BCUT2D eigenvalue weighted by atomic mass is 10.2. The molecule has 0 fully saturated rings. The molecule has 2 aromatic carbocycles. The molecule has 0 atom stereocenters. The van der Waals surface area contributed by atoms with Crippen molar-refractivity contribution in [2.24, 2.45) is 0 Å². The Morgan fingerprint density at radius 1 is 0.913 bits per heavy atom. The Morgan fingerprint density at radius 2 is 1.52 bits per heavy atom. The average molecular weight is 413 g/mol. The molecule has 0 saturated heterocycles. The first-order valence-corrected chi connectivity index (χ1v) is 7.97. The van der Waals surface area contributed by atoms with Gasteiger partial charge < -0.3 is 0 Å². The lowest BCUT2D eigenvalue weighted by Crippen LogP contribution is -2.48. The van der Waals surface area contributed by atoms with Gasteiger partial charge in [0.1, 0.15) is 0 Å². The van der Waals surface area contributed by atoms with Crippen LogP contribution in [0.2, 0.25) is 5.02 Å². The van der Waals surface area contributed by atoms with Crippen LogP contribution in [0.1, 0.15) is 20.7 Å². The smallest absolute Gasteiger partial charge is 0.270 e. The van der Waals surface area contributed by atoms with Crippen molar-refractivity contribution in [1.82, 2.24) is 16.2 Å². The number of hydrazine groups is 1. The highest BCUT2D eigenvalue weighted by atomic mass is 79.9. The highest BCUT2D eigenvalue weighted by Gasteiger charge is 2.12. The molecule has 2 amide bonds. The van der Waals surface area contributed by atoms with Crippen LogP contribution in [-0.4, -0.2) is 16.9 Å². The van der Waals surface area contributed by atoms with E-state index in [1.165, 1.54) is 0 Å². The molecule has 0 bridgehead atoms. The van der Waals surface area contributed by atoms with E-state index in [9.17, 15) is 9.59 Å². The van der Waals surface area contributed by atoms with Crippen LogP contribution in [0.3, 0.4) is 0 Å². The van der Waals surface area contributed by atoms with Crippen molar-refractivity contribution in [1.29, 1.82) is 0 Å². The Labute approximate surface area is 151 Å². The van der Waals surface area contributed by atoms with Gasteiger partial charge in [-0.1, -0.05) is 35.9 Å². The SMILES string of the molecule is O=C(NC(=S)NNC(=O)c1ccccc1Br)c1ccccc1Cl. The average Bonchev–Trinajstić information content (AvgIpc) is 2.53. The lowest BCUT2D eigenvalue weighted by molar-refractivity contribution is 0.0934. The third-order valence-electron chi connectivity index (χ3n) is 2.75. The summed E-state index contributed by atoms with van der Waals surface area (Å²) >= 11 is 14.2. The minimum absolute atomic E-state index is 0.0460. The standard InChI is InChI=1S/C15H11BrClN3O2S/c16-11-7-3-1-5-9(11)14(22)19-20-15(23)18-13(21)10-6-2-4-8-12(10)17/h1-8H,(H,19,22)(H2,18,20,21,23). The van der Waals surface area contributed by atoms with Crippen LogP contribution in [0.15, 0.2) is 53.0 Å². The maximum Gasteiger partial charge on any atom is 0.270 e. The molecule has 3 N–H and O–H groups in total. The van der Waals surface area contributed by atoms with Crippen LogP contribution < -0.4 is 16.2 Å². The normalized spacial score (nSPS) is 9.83. The third kappa shape index (κ3) is 4.75. The van der Waals surface area contributed by atoms with E-state index in [0.717, 1.165) is 0 Å². The second-order valence-corrected chi connectivity index (χ2v) is 5.99. The molecule has 5 nitrogen and oxygen atoms in total. The van der Waals surface area contributed by atoms with Gasteiger partial charge in [-0.25, -0.2) is 0 Å². The van der Waals surface area contributed by atoms with Gasteiger partial charge >= 0.3 is 0 Å². The zero-order valence-corrected chi connectivity index (χ0v) is 14.8. The lowest BCUT2D eigenvalue weighted by Gasteiger charge is -2.11. The van der Waals surface area contributed by atoms with Gasteiger partial charge in [0, 0.05) is 4.47 Å². The van der Waals surface area contributed by atoms with E-state index in [1.807, 2.05) is 0 Å². The molecule has 2 rings (SSSR count). The van der Waals surface area contributed by atoms with Gasteiger partial charge in [-0.3, -0.25) is 25.8 Å². The summed E-state index contributed by atoms with van der Waals surface area (Å²) in [5.74, 6) is -0.866. The van der Waals surface area contributed by atoms with Crippen LogP contribution in [-0.2, 0) is 0 Å². The van der Waals surface area contributed by atoms with Gasteiger partial charge in [-0.15, -0.1) is 0 Å². The molecule has 23 heavy (non-hydrogen) atoms. The molecule has 0 aliphatic carbocycles. The second kappa shape index (κ2) is 8.05. The zero-order chi connectivity index (χ0) is 16.8. The summed E-state index contributed by atoms with van der Waals surface area (Å²) in [5.41, 5.74) is 5.59. The van der Waals surface area contributed by atoms with E-state index < -0.39 is 11.8 Å². The fourth-order valence-electron chi connectivity index (χ4n) is 1.67. The van der Waals surface area contributed by atoms with Gasteiger partial charge in [0.15, 0.2) is 5.11 Å². The third-order valence-corrected chi connectivity index (χ3v) is 3.98. The zero-order valence-electron chi connectivity index (χ0n) is 11.6. The van der Waals surface area contributed by atoms with Crippen LogP contribution in [0.5, 0.6) is 0 Å². The topological polar surface area (TPSA) is 70.2 Å². The summed E-state index contributed by atoms with van der Waals surface area (Å²) in [4.78, 5) is 24.0. The minimum atomic E-state index is -0.469. The first-order chi connectivity index (χ1) is 11.0. The van der Waals surface area contributed by atoms with E-state index in [1.54, 1.807) is 48.5 Å². The van der Waals surface area contributed by atoms with Crippen LogP contribution in [0.25, 0.3) is 0 Å². The van der Waals surface area contributed by atoms with E-state index in [0.29, 0.717) is 15.1 Å². The van der Waals surface area contributed by atoms with Crippen molar-refractivity contribution in [3.8, 4) is 0 Å². The first kappa shape index (κ1) is 17.4. The first-order valence-electron chi connectivity index (χ1n) is 6.40. The summed E-state index contributed by atoms with van der Waals surface area (Å²) in [6.07, 6.45) is 0. The van der Waals surface area contributed by atoms with E-state index >= 15 is 0 Å². The van der Waals surface area contributed by atoms with E-state index in [2.05, 4.69) is 32.1 Å². The Balaban J connectivity index is 1.91. The minimum Gasteiger partial charge on any atom is -0.298 e. The van der Waals surface area contributed by atoms with Crippen molar-refractivity contribution in [2.75, 3.05) is 0 Å². The Bertz CT molecular complexity index is 770. The second-order valence-electron chi connectivity index (χ2n) is 4.32. The molecule has 118 valence electrons. The number of nitrogens with one attached hydrogen (secondary N) is 3. The number of hydrogen-bond donors (Lipinski definition) is 3. The summed E-state index contributed by atoms with van der Waals surface area (Å²) in [6.45, 7) is 0. The van der Waals surface area contributed by atoms with E-state index in [4.69, 9.17) is 23.8 Å². The molecular weight excluding hydrogens is 402 g/mol. The molecule has 0 saturated carbocycles. The van der Waals surface area contributed by atoms with Gasteiger partial charge in [-0.05, 0) is 52.4 Å². The maximum atomic E-state index is 12.0. The van der Waals surface area contributed by atoms with Crippen LogP contribution in [0, 0.1) is 0 Å². The number of rotatable bonds is 2. The number of thiocarbonyl (C=S) groups is 1. The molecular formula is C15H11BrClN3O2S. The van der Waals surface area contributed by atoms with Gasteiger partial charge in [-0.2, -0.15) is 0 Å². The highest BCUT2D eigenvalue weighted by Crippen LogP contribution is 2.15. The number of halogens is 2. The summed E-state index contributed by atoms with van der Waals surface area (Å²) in [5, 5.41) is 2.69. The fourth-order valence-corrected chi connectivity index (χ4v) is 2.50. The van der Waals surface area contributed by atoms with Gasteiger partial charge in [0.25, 0.3) is 11.8 Å². The number of carbonyl (C=O) groups is 2. The molecule has 2 aromatic rings. The summed E-state index contributed by atoms with van der Waals surface area (Å²) in [6, 6.07) is 13.5. The molecule has 0 spiro atoms. The van der Waals surface area contributed by atoms with Crippen molar-refractivity contribution < 1.29 is 9.59 Å². The van der Waals surface area contributed by atoms with Crippen molar-refractivity contribution >= 4 is 56.7 Å². The Morgan fingerprint density at radius 3 is 2.17 bits per heavy atom. The maximum absolute atomic E-state index is 12.0. The van der Waals surface area contributed by atoms with Crippen LogP contribution in [0.4, 0.5) is 0 Å². The van der Waals surface area contributed by atoms with Crippen molar-refractivity contribution in [3.05, 3.63) is 69.2 Å². The number of carbonyl (C=O) groups excluding carboxylic acids is 2. The summed E-state index contributed by atoms with van der Waals surface area (Å²) in [7, 11) is 0. The van der Waals surface area contributed by atoms with Crippen molar-refractivity contribution in [3.63, 3.8) is 0 Å². The number of benzene rings is 2.